The van der Waals surface area contributed by atoms with Crippen molar-refractivity contribution in [3.05, 3.63) is 0 Å². The number of fused-ring (bicyclic) bond motifs is 5. The highest BCUT2D eigenvalue weighted by Crippen LogP contribution is 2.66. The van der Waals surface area contributed by atoms with Crippen molar-refractivity contribution in [1.29, 1.82) is 0 Å². The van der Waals surface area contributed by atoms with Gasteiger partial charge < -0.3 is 4.74 Å². The van der Waals surface area contributed by atoms with Crippen molar-refractivity contribution in [2.24, 2.45) is 46.3 Å². The Morgan fingerprint density at radius 2 is 1.83 bits per heavy atom. The van der Waals surface area contributed by atoms with Crippen LogP contribution in [-0.2, 0) is 23.9 Å². The van der Waals surface area contributed by atoms with Crippen LogP contribution in [-0.4, -0.2) is 30.4 Å². The SMILES string of the molecule is COC(=O)CCC(C)C1CC[C@H]2C3C(=O)CC4CC(=O)CC[C@]4(C)[C@H]3CC(=O)[C@]12C. The Morgan fingerprint density at radius 3 is 2.53 bits per heavy atom. The van der Waals surface area contributed by atoms with Gasteiger partial charge in [-0.3, -0.25) is 19.2 Å². The first kappa shape index (κ1) is 21.7. The number of Topliss-reactive ketones (excluding diaryl/α,β-unsaturated/α-hetero) is 3. The third-order valence-corrected chi connectivity index (χ3v) is 9.94. The van der Waals surface area contributed by atoms with Gasteiger partial charge in [-0.25, -0.2) is 0 Å². The fourth-order valence-electron chi connectivity index (χ4n) is 8.04. The maximum Gasteiger partial charge on any atom is 0.305 e. The van der Waals surface area contributed by atoms with Crippen LogP contribution >= 0.6 is 0 Å². The highest BCUT2D eigenvalue weighted by atomic mass is 16.5. The van der Waals surface area contributed by atoms with Gasteiger partial charge in [-0.15, -0.1) is 0 Å². The van der Waals surface area contributed by atoms with Crippen LogP contribution in [0.15, 0.2) is 0 Å². The first-order valence-corrected chi connectivity index (χ1v) is 11.8. The zero-order valence-electron chi connectivity index (χ0n) is 18.9. The van der Waals surface area contributed by atoms with Crippen molar-refractivity contribution in [2.75, 3.05) is 7.11 Å². The van der Waals surface area contributed by atoms with E-state index in [2.05, 4.69) is 20.8 Å². The predicted octanol–water partition coefficient (Wildman–Crippen LogP) is 4.16. The molecule has 30 heavy (non-hydrogen) atoms. The van der Waals surface area contributed by atoms with Crippen molar-refractivity contribution in [3.63, 3.8) is 0 Å². The number of esters is 1. The summed E-state index contributed by atoms with van der Waals surface area (Å²) in [5, 5.41) is 0. The second-order valence-corrected chi connectivity index (χ2v) is 11.0. The van der Waals surface area contributed by atoms with Crippen molar-refractivity contribution in [2.45, 2.75) is 78.6 Å². The molecule has 4 unspecified atom stereocenters. The van der Waals surface area contributed by atoms with Gasteiger partial charge >= 0.3 is 5.97 Å². The summed E-state index contributed by atoms with van der Waals surface area (Å²) < 4.78 is 4.80. The van der Waals surface area contributed by atoms with Crippen LogP contribution in [0.1, 0.15) is 78.6 Å². The number of ether oxygens (including phenoxy) is 1. The standard InChI is InChI=1S/C25H36O5/c1-14(5-8-22(29)30-4)17-6-7-18-23-19(13-21(28)25(17,18)3)24(2)10-9-16(26)11-15(24)12-20(23)27/h14-15,17-19,23H,5-13H2,1-4H3/t14?,15?,17?,18-,19-,23?,24-,25+/m0/s1. The Bertz CT molecular complexity index is 772. The highest BCUT2D eigenvalue weighted by Gasteiger charge is 2.66. The topological polar surface area (TPSA) is 77.5 Å². The van der Waals surface area contributed by atoms with E-state index in [0.717, 1.165) is 25.7 Å². The Labute approximate surface area is 179 Å². The summed E-state index contributed by atoms with van der Waals surface area (Å²) in [4.78, 5) is 50.7. The minimum atomic E-state index is -0.472. The molecule has 166 valence electrons. The van der Waals surface area contributed by atoms with Crippen LogP contribution in [0.5, 0.6) is 0 Å². The molecule has 0 aromatic carbocycles. The molecular weight excluding hydrogens is 380 g/mol. The fourth-order valence-corrected chi connectivity index (χ4v) is 8.04. The minimum absolute atomic E-state index is 0.0417. The van der Waals surface area contributed by atoms with E-state index in [1.165, 1.54) is 7.11 Å². The normalized spacial score (nSPS) is 44.1. The summed E-state index contributed by atoms with van der Waals surface area (Å²) in [6.07, 6.45) is 5.87. The molecule has 4 aliphatic carbocycles. The molecule has 8 atom stereocenters. The minimum Gasteiger partial charge on any atom is -0.469 e. The van der Waals surface area contributed by atoms with E-state index in [0.29, 0.717) is 43.7 Å². The first-order valence-electron chi connectivity index (χ1n) is 11.8. The number of hydrogen-bond acceptors (Lipinski definition) is 5. The molecule has 0 aromatic heterocycles. The zero-order chi connectivity index (χ0) is 21.8. The van der Waals surface area contributed by atoms with E-state index < -0.39 is 5.41 Å². The largest absolute Gasteiger partial charge is 0.469 e. The molecule has 0 amide bonds. The smallest absolute Gasteiger partial charge is 0.305 e. The molecule has 0 bridgehead atoms. The number of methoxy groups -OCH3 is 1. The molecule has 4 saturated carbocycles. The van der Waals surface area contributed by atoms with Crippen molar-refractivity contribution in [1.82, 2.24) is 0 Å². The van der Waals surface area contributed by atoms with E-state index in [1.54, 1.807) is 0 Å². The Hall–Kier alpha value is -1.52. The van der Waals surface area contributed by atoms with Crippen molar-refractivity contribution in [3.8, 4) is 0 Å². The van der Waals surface area contributed by atoms with Crippen LogP contribution in [0.2, 0.25) is 0 Å². The van der Waals surface area contributed by atoms with Crippen LogP contribution in [0, 0.1) is 46.3 Å². The quantitative estimate of drug-likeness (QED) is 0.643. The lowest BCUT2D eigenvalue weighted by atomic mass is 9.44. The lowest BCUT2D eigenvalue weighted by Gasteiger charge is -2.58. The number of carbonyl (C=O) groups is 4. The maximum absolute atomic E-state index is 13.7. The van der Waals surface area contributed by atoms with Gasteiger partial charge in [0.2, 0.25) is 0 Å². The maximum atomic E-state index is 13.7. The summed E-state index contributed by atoms with van der Waals surface area (Å²) in [7, 11) is 1.41. The molecule has 0 N–H and O–H groups in total. The van der Waals surface area contributed by atoms with Gasteiger partial charge in [0.1, 0.15) is 17.3 Å². The monoisotopic (exact) mass is 416 g/mol. The van der Waals surface area contributed by atoms with E-state index >= 15 is 0 Å². The van der Waals surface area contributed by atoms with Gasteiger partial charge in [-0.05, 0) is 60.7 Å². The van der Waals surface area contributed by atoms with E-state index in [1.807, 2.05) is 0 Å². The Morgan fingerprint density at radius 1 is 1.10 bits per heavy atom. The molecule has 5 heteroatoms. The summed E-state index contributed by atoms with van der Waals surface area (Å²) in [5.41, 5.74) is -0.544. The molecule has 4 rings (SSSR count). The molecule has 0 heterocycles. The number of rotatable bonds is 4. The molecule has 4 fully saturated rings. The van der Waals surface area contributed by atoms with Gasteiger partial charge in [-0.1, -0.05) is 20.8 Å². The first-order chi connectivity index (χ1) is 14.1. The number of carbonyl (C=O) groups excluding carboxylic acids is 4. The van der Waals surface area contributed by atoms with E-state index in [4.69, 9.17) is 4.74 Å². The van der Waals surface area contributed by atoms with Gasteiger partial charge in [0.05, 0.1) is 7.11 Å². The van der Waals surface area contributed by atoms with E-state index in [9.17, 15) is 19.2 Å². The van der Waals surface area contributed by atoms with Gasteiger partial charge in [0.25, 0.3) is 0 Å². The lowest BCUT2D eigenvalue weighted by Crippen LogP contribution is -2.60. The van der Waals surface area contributed by atoms with Crippen molar-refractivity contribution >= 4 is 23.3 Å². The Kier molecular flexibility index (Phi) is 5.47. The molecule has 0 spiro atoms. The average molecular weight is 417 g/mol. The molecule has 5 nitrogen and oxygen atoms in total. The number of hydrogen-bond donors (Lipinski definition) is 0. The molecule has 4 aliphatic rings. The second kappa shape index (κ2) is 7.56. The predicted molar refractivity (Wildman–Crippen MR) is 111 cm³/mol. The van der Waals surface area contributed by atoms with Gasteiger partial charge in [0, 0.05) is 43.4 Å². The fraction of sp³-hybridized carbons (Fsp3) is 0.840. The van der Waals surface area contributed by atoms with Crippen LogP contribution in [0.4, 0.5) is 0 Å². The van der Waals surface area contributed by atoms with Crippen LogP contribution in [0.3, 0.4) is 0 Å². The zero-order valence-corrected chi connectivity index (χ0v) is 18.9. The second-order valence-electron chi connectivity index (χ2n) is 11.0. The summed E-state index contributed by atoms with van der Waals surface area (Å²) >= 11 is 0. The third-order valence-electron chi connectivity index (χ3n) is 9.94. The molecule has 0 aromatic rings. The molecule has 0 radical (unpaired) electrons. The van der Waals surface area contributed by atoms with Crippen molar-refractivity contribution < 1.29 is 23.9 Å². The Balaban J connectivity index is 1.60. The number of ketones is 3. The lowest BCUT2D eigenvalue weighted by molar-refractivity contribution is -0.166. The summed E-state index contributed by atoms with van der Waals surface area (Å²) in [6.45, 7) is 6.50. The van der Waals surface area contributed by atoms with Gasteiger partial charge in [-0.2, -0.15) is 0 Å². The molecule has 0 saturated heterocycles. The summed E-state index contributed by atoms with van der Waals surface area (Å²) in [6, 6.07) is 0. The van der Waals surface area contributed by atoms with Crippen LogP contribution < -0.4 is 0 Å². The van der Waals surface area contributed by atoms with Gasteiger partial charge in [0.15, 0.2) is 0 Å². The van der Waals surface area contributed by atoms with E-state index in [-0.39, 0.29) is 52.7 Å². The molecule has 0 aliphatic heterocycles. The average Bonchev–Trinajstić information content (AvgIpc) is 3.06. The van der Waals surface area contributed by atoms with Crippen LogP contribution in [0.25, 0.3) is 0 Å². The highest BCUT2D eigenvalue weighted by molar-refractivity contribution is 5.93. The summed E-state index contributed by atoms with van der Waals surface area (Å²) in [5.74, 6) is 1.41. The molecular formula is C25H36O5. The third kappa shape index (κ3) is 3.10.